The van der Waals surface area contributed by atoms with E-state index in [1.807, 2.05) is 13.8 Å². The summed E-state index contributed by atoms with van der Waals surface area (Å²) in [6, 6.07) is 0. The maximum absolute atomic E-state index is 11.9. The van der Waals surface area contributed by atoms with Crippen molar-refractivity contribution in [2.45, 2.75) is 26.9 Å². The Balaban J connectivity index is 2.95. The van der Waals surface area contributed by atoms with Crippen molar-refractivity contribution in [1.29, 1.82) is 0 Å². The van der Waals surface area contributed by atoms with Gasteiger partial charge in [0.05, 0.1) is 0 Å². The van der Waals surface area contributed by atoms with E-state index in [-0.39, 0.29) is 0 Å². The fraction of sp³-hybridized carbons (Fsp3) is 0.833. The summed E-state index contributed by atoms with van der Waals surface area (Å²) in [6.07, 6.45) is 0.917. The molecule has 0 saturated heterocycles. The Morgan fingerprint density at radius 2 is 1.71 bits per heavy atom. The summed E-state index contributed by atoms with van der Waals surface area (Å²) in [7, 11) is 0. The molecule has 7 heavy (non-hydrogen) atoms. The van der Waals surface area contributed by atoms with Gasteiger partial charge in [-0.15, -0.1) is 0 Å². The molecule has 0 aromatic rings. The first-order chi connectivity index (χ1) is 3.13. The summed E-state index contributed by atoms with van der Waals surface area (Å²) in [5.41, 5.74) is 0. The average molecular weight is 103 g/mol. The van der Waals surface area contributed by atoms with Crippen molar-refractivity contribution >= 4 is 0 Å². The lowest BCUT2D eigenvalue weighted by Gasteiger charge is -2.01. The number of rotatable bonds is 2. The third-order valence-corrected chi connectivity index (χ3v) is 0.650. The van der Waals surface area contributed by atoms with Crippen LogP contribution in [0.15, 0.2) is 0 Å². The first-order valence-electron chi connectivity index (χ1n) is 2.62. The quantitative estimate of drug-likeness (QED) is 0.502. The number of hydrogen-bond donors (Lipinski definition) is 0. The molecule has 0 spiro atoms. The number of hydrogen-bond acceptors (Lipinski definition) is 0. The molecular weight excluding hydrogens is 91.1 g/mol. The van der Waals surface area contributed by atoms with Crippen molar-refractivity contribution in [3.63, 3.8) is 0 Å². The highest BCUT2D eigenvalue weighted by atomic mass is 19.1. The molecule has 0 aliphatic heterocycles. The summed E-state index contributed by atoms with van der Waals surface area (Å²) < 4.78 is 11.9. The molecule has 1 heteroatoms. The molecule has 1 unspecified atom stereocenters. The molecule has 0 aromatic carbocycles. The van der Waals surface area contributed by atoms with Crippen LogP contribution in [0.5, 0.6) is 0 Å². The van der Waals surface area contributed by atoms with Crippen LogP contribution in [0.4, 0.5) is 4.39 Å². The van der Waals surface area contributed by atoms with Crippen LogP contribution < -0.4 is 0 Å². The maximum Gasteiger partial charge on any atom is 0.101 e. The van der Waals surface area contributed by atoms with E-state index in [2.05, 4.69) is 0 Å². The molecule has 0 rings (SSSR count). The van der Waals surface area contributed by atoms with Crippen molar-refractivity contribution < 1.29 is 4.39 Å². The Morgan fingerprint density at radius 3 is 1.71 bits per heavy atom. The standard InChI is InChI=1S/C6H12F/c1-5(2)4-6(3)7/h4-6H,1-3H3. The van der Waals surface area contributed by atoms with Crippen molar-refractivity contribution in [2.24, 2.45) is 5.92 Å². The molecule has 0 N–H and O–H groups in total. The van der Waals surface area contributed by atoms with Crippen LogP contribution in [0.25, 0.3) is 0 Å². The molecule has 0 saturated carbocycles. The van der Waals surface area contributed by atoms with Gasteiger partial charge in [0.2, 0.25) is 0 Å². The molecule has 0 aliphatic rings. The third-order valence-electron chi connectivity index (χ3n) is 0.650. The Hall–Kier alpha value is -0.0700. The van der Waals surface area contributed by atoms with E-state index in [1.54, 1.807) is 13.3 Å². The largest absolute Gasteiger partial charge is 0.247 e. The molecule has 1 atom stereocenters. The fourth-order valence-corrected chi connectivity index (χ4v) is 0.530. The van der Waals surface area contributed by atoms with Crippen molar-refractivity contribution in [2.75, 3.05) is 0 Å². The van der Waals surface area contributed by atoms with E-state index < -0.39 is 6.17 Å². The molecular formula is C6H12F. The highest BCUT2D eigenvalue weighted by Crippen LogP contribution is 2.03. The molecule has 1 radical (unpaired) electrons. The molecule has 0 aliphatic carbocycles. The minimum absolute atomic E-state index is 0.375. The average Bonchev–Trinajstić information content (AvgIpc) is 1.27. The highest BCUT2D eigenvalue weighted by molar-refractivity contribution is 4.74. The van der Waals surface area contributed by atoms with E-state index in [0.29, 0.717) is 5.92 Å². The smallest absolute Gasteiger partial charge is 0.101 e. The van der Waals surface area contributed by atoms with Gasteiger partial charge in [-0.3, -0.25) is 0 Å². The normalized spacial score (nSPS) is 15.0. The molecule has 0 amide bonds. The summed E-state index contributed by atoms with van der Waals surface area (Å²) >= 11 is 0. The van der Waals surface area contributed by atoms with Crippen LogP contribution in [-0.4, -0.2) is 6.17 Å². The molecule has 0 heterocycles. The summed E-state index contributed by atoms with van der Waals surface area (Å²) in [6.45, 7) is 5.48. The molecule has 0 aromatic heterocycles. The van der Waals surface area contributed by atoms with E-state index in [9.17, 15) is 4.39 Å². The fourth-order valence-electron chi connectivity index (χ4n) is 0.530. The second-order valence-electron chi connectivity index (χ2n) is 2.11. The lowest BCUT2D eigenvalue weighted by atomic mass is 10.1. The molecule has 0 nitrogen and oxygen atoms in total. The Bertz CT molecular complexity index is 33.4. The topological polar surface area (TPSA) is 0 Å². The lowest BCUT2D eigenvalue weighted by Crippen LogP contribution is -1.99. The van der Waals surface area contributed by atoms with Gasteiger partial charge >= 0.3 is 0 Å². The zero-order valence-electron chi connectivity index (χ0n) is 5.11. The van der Waals surface area contributed by atoms with Crippen LogP contribution in [0.1, 0.15) is 20.8 Å². The van der Waals surface area contributed by atoms with Crippen LogP contribution in [0, 0.1) is 12.3 Å². The van der Waals surface area contributed by atoms with Gasteiger partial charge < -0.3 is 0 Å². The Morgan fingerprint density at radius 1 is 1.29 bits per heavy atom. The maximum atomic E-state index is 11.9. The van der Waals surface area contributed by atoms with Gasteiger partial charge in [0.1, 0.15) is 6.17 Å². The van der Waals surface area contributed by atoms with Gasteiger partial charge in [0, 0.05) is 0 Å². The van der Waals surface area contributed by atoms with Gasteiger partial charge in [-0.05, 0) is 19.3 Å². The second kappa shape index (κ2) is 3.00. The minimum Gasteiger partial charge on any atom is -0.247 e. The minimum atomic E-state index is -0.750. The van der Waals surface area contributed by atoms with Crippen molar-refractivity contribution in [1.82, 2.24) is 0 Å². The predicted molar refractivity (Wildman–Crippen MR) is 29.7 cm³/mol. The SMILES string of the molecule is CC(C)[CH]C(C)F. The number of alkyl halides is 1. The Labute approximate surface area is 44.7 Å². The van der Waals surface area contributed by atoms with E-state index in [1.165, 1.54) is 0 Å². The van der Waals surface area contributed by atoms with E-state index in [0.717, 1.165) is 0 Å². The first-order valence-corrected chi connectivity index (χ1v) is 2.62. The monoisotopic (exact) mass is 103 g/mol. The molecule has 0 bridgehead atoms. The van der Waals surface area contributed by atoms with Crippen molar-refractivity contribution in [3.8, 4) is 0 Å². The van der Waals surface area contributed by atoms with Crippen molar-refractivity contribution in [3.05, 3.63) is 6.42 Å². The summed E-state index contributed by atoms with van der Waals surface area (Å²) in [5.74, 6) is 0.375. The lowest BCUT2D eigenvalue weighted by molar-refractivity contribution is 0.380. The van der Waals surface area contributed by atoms with E-state index >= 15 is 0 Å². The van der Waals surface area contributed by atoms with Crippen LogP contribution >= 0.6 is 0 Å². The van der Waals surface area contributed by atoms with Crippen LogP contribution in [-0.2, 0) is 0 Å². The molecule has 43 valence electrons. The summed E-state index contributed by atoms with van der Waals surface area (Å²) in [4.78, 5) is 0. The predicted octanol–water partition coefficient (Wildman–Crippen LogP) is 2.20. The van der Waals surface area contributed by atoms with Gasteiger partial charge in [-0.25, -0.2) is 4.39 Å². The second-order valence-corrected chi connectivity index (χ2v) is 2.11. The van der Waals surface area contributed by atoms with Gasteiger partial charge in [0.15, 0.2) is 0 Å². The van der Waals surface area contributed by atoms with Gasteiger partial charge in [0.25, 0.3) is 0 Å². The zero-order valence-corrected chi connectivity index (χ0v) is 5.11. The number of halogens is 1. The van der Waals surface area contributed by atoms with E-state index in [4.69, 9.17) is 0 Å². The van der Waals surface area contributed by atoms with Crippen LogP contribution in [0.3, 0.4) is 0 Å². The van der Waals surface area contributed by atoms with Gasteiger partial charge in [-0.1, -0.05) is 13.8 Å². The van der Waals surface area contributed by atoms with Crippen LogP contribution in [0.2, 0.25) is 0 Å². The highest BCUT2D eigenvalue weighted by Gasteiger charge is 2.00. The first kappa shape index (κ1) is 6.93. The molecule has 0 fully saturated rings. The Kier molecular flexibility index (Phi) is 2.97. The summed E-state index contributed by atoms with van der Waals surface area (Å²) in [5, 5.41) is 0. The third kappa shape index (κ3) is 5.93. The zero-order chi connectivity index (χ0) is 5.86. The van der Waals surface area contributed by atoms with Gasteiger partial charge in [-0.2, -0.15) is 0 Å².